The van der Waals surface area contributed by atoms with Gasteiger partial charge in [0.2, 0.25) is 0 Å². The molecule has 1 saturated heterocycles. The number of carbonyl (C=O) groups excluding carboxylic acids is 1. The zero-order chi connectivity index (χ0) is 18.9. The van der Waals surface area contributed by atoms with Gasteiger partial charge in [0.05, 0.1) is 20.3 Å². The maximum Gasteiger partial charge on any atom is 0.333 e. The van der Waals surface area contributed by atoms with Crippen LogP contribution in [0.1, 0.15) is 34.6 Å². The molecule has 1 rings (SSSR count). The van der Waals surface area contributed by atoms with Crippen LogP contribution < -0.4 is 5.32 Å². The van der Waals surface area contributed by atoms with Crippen molar-refractivity contribution in [3.05, 3.63) is 11.8 Å². The van der Waals surface area contributed by atoms with Crippen LogP contribution in [0, 0.1) is 5.41 Å². The fourth-order valence-electron chi connectivity index (χ4n) is 2.38. The third kappa shape index (κ3) is 5.16. The lowest BCUT2D eigenvalue weighted by Crippen LogP contribution is -2.56. The van der Waals surface area contributed by atoms with E-state index in [2.05, 4.69) is 25.0 Å². The topological polar surface area (TPSA) is 84.9 Å². The number of hydrogen-bond acceptors (Lipinski definition) is 4. The molecule has 1 aliphatic rings. The number of aliphatic carboxylic acids is 1. The van der Waals surface area contributed by atoms with Gasteiger partial charge >= 0.3 is 5.97 Å². The first kappa shape index (κ1) is 20.9. The van der Waals surface area contributed by atoms with Crippen molar-refractivity contribution >= 4 is 20.0 Å². The summed E-state index contributed by atoms with van der Waals surface area (Å²) in [6.07, 6.45) is 0.616. The van der Waals surface area contributed by atoms with Crippen molar-refractivity contribution in [2.45, 2.75) is 71.7 Å². The standard InChI is InChI=1S/C17H31NO5Si/c1-11(24(6,7)8)12(15(20)21)9-18-14(19)13-16(2,3)10-22-17(4,5)23-13/h9,11,13H,10H2,1-8H3,(H,18,19)(H,20,21)/b12-9-. The van der Waals surface area contributed by atoms with E-state index in [1.165, 1.54) is 6.20 Å². The first-order valence-corrected chi connectivity index (χ1v) is 11.8. The smallest absolute Gasteiger partial charge is 0.333 e. The van der Waals surface area contributed by atoms with Gasteiger partial charge in [0, 0.05) is 11.6 Å². The second kappa shape index (κ2) is 6.97. The highest BCUT2D eigenvalue weighted by atomic mass is 28.3. The molecule has 1 amide bonds. The van der Waals surface area contributed by atoms with E-state index in [4.69, 9.17) is 9.47 Å². The van der Waals surface area contributed by atoms with Crippen LogP contribution in [0.15, 0.2) is 11.8 Å². The van der Waals surface area contributed by atoms with Crippen molar-refractivity contribution in [1.82, 2.24) is 5.32 Å². The van der Waals surface area contributed by atoms with Gasteiger partial charge in [0.25, 0.3) is 5.91 Å². The van der Waals surface area contributed by atoms with Gasteiger partial charge in [-0.2, -0.15) is 0 Å². The molecule has 1 aliphatic heterocycles. The highest BCUT2D eigenvalue weighted by Gasteiger charge is 2.45. The fourth-order valence-corrected chi connectivity index (χ4v) is 3.52. The molecule has 138 valence electrons. The minimum absolute atomic E-state index is 0.0876. The number of nitrogens with one attached hydrogen (secondary N) is 1. The highest BCUT2D eigenvalue weighted by molar-refractivity contribution is 6.78. The van der Waals surface area contributed by atoms with E-state index in [1.807, 2.05) is 20.8 Å². The van der Waals surface area contributed by atoms with Gasteiger partial charge in [-0.25, -0.2) is 4.79 Å². The van der Waals surface area contributed by atoms with Crippen LogP contribution in [0.5, 0.6) is 0 Å². The van der Waals surface area contributed by atoms with E-state index in [0.717, 1.165) is 0 Å². The van der Waals surface area contributed by atoms with Crippen LogP contribution in [0.2, 0.25) is 25.2 Å². The van der Waals surface area contributed by atoms with Crippen LogP contribution in [0.3, 0.4) is 0 Å². The molecule has 1 fully saturated rings. The van der Waals surface area contributed by atoms with Crippen molar-refractivity contribution in [1.29, 1.82) is 0 Å². The van der Waals surface area contributed by atoms with E-state index in [-0.39, 0.29) is 17.0 Å². The largest absolute Gasteiger partial charge is 0.478 e. The molecule has 0 aromatic rings. The first-order valence-electron chi connectivity index (χ1n) is 8.23. The third-order valence-electron chi connectivity index (χ3n) is 4.52. The van der Waals surface area contributed by atoms with Gasteiger partial charge in [-0.1, -0.05) is 40.4 Å². The van der Waals surface area contributed by atoms with Gasteiger partial charge in [-0.05, 0) is 19.4 Å². The molecule has 0 radical (unpaired) electrons. The average molecular weight is 358 g/mol. The molecule has 2 unspecified atom stereocenters. The summed E-state index contributed by atoms with van der Waals surface area (Å²) < 4.78 is 11.4. The van der Waals surface area contributed by atoms with E-state index in [1.54, 1.807) is 13.8 Å². The zero-order valence-corrected chi connectivity index (χ0v) is 17.0. The monoisotopic (exact) mass is 357 g/mol. The number of ether oxygens (including phenoxy) is 2. The lowest BCUT2D eigenvalue weighted by atomic mass is 9.85. The van der Waals surface area contributed by atoms with Gasteiger partial charge < -0.3 is 19.9 Å². The molecule has 2 N–H and O–H groups in total. The Hall–Kier alpha value is -1.18. The average Bonchev–Trinajstić information content (AvgIpc) is 2.40. The summed E-state index contributed by atoms with van der Waals surface area (Å²) in [5.41, 5.74) is -0.358. The number of rotatable bonds is 5. The molecule has 0 aliphatic carbocycles. The second-order valence-electron chi connectivity index (χ2n) is 8.68. The molecule has 1 heterocycles. The normalized spacial score (nSPS) is 25.0. The van der Waals surface area contributed by atoms with Crippen molar-refractivity contribution in [3.63, 3.8) is 0 Å². The van der Waals surface area contributed by atoms with Gasteiger partial charge in [0.15, 0.2) is 5.79 Å². The summed E-state index contributed by atoms with van der Waals surface area (Å²) >= 11 is 0. The molecule has 0 aromatic carbocycles. The van der Waals surface area contributed by atoms with Crippen LogP contribution >= 0.6 is 0 Å². The second-order valence-corrected chi connectivity index (χ2v) is 14.3. The van der Waals surface area contributed by atoms with Crippen LogP contribution in [-0.4, -0.2) is 43.6 Å². The van der Waals surface area contributed by atoms with Crippen molar-refractivity contribution < 1.29 is 24.2 Å². The Morgan fingerprint density at radius 3 is 2.25 bits per heavy atom. The summed E-state index contributed by atoms with van der Waals surface area (Å²) in [7, 11) is -1.70. The Bertz CT molecular complexity index is 534. The maximum atomic E-state index is 12.6. The molecule has 0 bridgehead atoms. The van der Waals surface area contributed by atoms with E-state index in [0.29, 0.717) is 6.61 Å². The van der Waals surface area contributed by atoms with E-state index < -0.39 is 31.3 Å². The quantitative estimate of drug-likeness (QED) is 0.584. The molecule has 7 heteroatoms. The Labute approximate surface area is 145 Å². The van der Waals surface area contributed by atoms with Crippen LogP contribution in [0.4, 0.5) is 0 Å². The predicted molar refractivity (Wildman–Crippen MR) is 95.3 cm³/mol. The van der Waals surface area contributed by atoms with E-state index >= 15 is 0 Å². The lowest BCUT2D eigenvalue weighted by Gasteiger charge is -2.44. The molecular weight excluding hydrogens is 326 g/mol. The predicted octanol–water partition coefficient (Wildman–Crippen LogP) is 2.98. The molecule has 24 heavy (non-hydrogen) atoms. The summed E-state index contributed by atoms with van der Waals surface area (Å²) in [5.74, 6) is -2.20. The number of hydrogen-bond donors (Lipinski definition) is 2. The molecular formula is C17H31NO5Si. The van der Waals surface area contributed by atoms with Crippen LogP contribution in [-0.2, 0) is 19.1 Å². The van der Waals surface area contributed by atoms with Crippen molar-refractivity contribution in [3.8, 4) is 0 Å². The van der Waals surface area contributed by atoms with E-state index in [9.17, 15) is 14.7 Å². The summed E-state index contributed by atoms with van der Waals surface area (Å²) in [6, 6.07) is 0. The molecule has 0 aromatic heterocycles. The van der Waals surface area contributed by atoms with Crippen molar-refractivity contribution in [2.24, 2.45) is 5.41 Å². The fraction of sp³-hybridized carbons (Fsp3) is 0.765. The molecule has 2 atom stereocenters. The lowest BCUT2D eigenvalue weighted by molar-refractivity contribution is -0.303. The van der Waals surface area contributed by atoms with Gasteiger partial charge in [-0.15, -0.1) is 0 Å². The Morgan fingerprint density at radius 1 is 1.25 bits per heavy atom. The van der Waals surface area contributed by atoms with Crippen molar-refractivity contribution in [2.75, 3.05) is 6.61 Å². The Balaban J connectivity index is 2.97. The summed E-state index contributed by atoms with van der Waals surface area (Å²) in [6.45, 7) is 15.9. The number of carboxylic acids is 1. The van der Waals surface area contributed by atoms with Crippen LogP contribution in [0.25, 0.3) is 0 Å². The number of carbonyl (C=O) groups is 2. The summed E-state index contributed by atoms with van der Waals surface area (Å²) in [5, 5.41) is 12.1. The number of amides is 1. The summed E-state index contributed by atoms with van der Waals surface area (Å²) in [4.78, 5) is 24.1. The SMILES string of the molecule is CC(/C(=C/NC(=O)C1OC(C)(C)OCC1(C)C)C(=O)O)[Si](C)(C)C. The molecule has 6 nitrogen and oxygen atoms in total. The number of carboxylic acid groups (broad SMARTS) is 1. The zero-order valence-electron chi connectivity index (χ0n) is 16.0. The molecule has 0 saturated carbocycles. The molecule has 0 spiro atoms. The minimum atomic E-state index is -1.70. The Morgan fingerprint density at radius 2 is 1.79 bits per heavy atom. The highest BCUT2D eigenvalue weighted by Crippen LogP contribution is 2.35. The first-order chi connectivity index (χ1) is 10.7. The third-order valence-corrected chi connectivity index (χ3v) is 7.43. The Kier molecular flexibility index (Phi) is 6.06. The van der Waals surface area contributed by atoms with Gasteiger partial charge in [-0.3, -0.25) is 4.79 Å². The minimum Gasteiger partial charge on any atom is -0.478 e. The van der Waals surface area contributed by atoms with Gasteiger partial charge in [0.1, 0.15) is 6.10 Å². The maximum absolute atomic E-state index is 12.6.